The highest BCUT2D eigenvalue weighted by atomic mass is 32.2. The van der Waals surface area contributed by atoms with Gasteiger partial charge in [0.25, 0.3) is 5.91 Å². The Labute approximate surface area is 160 Å². The number of benzene rings is 2. The van der Waals surface area contributed by atoms with E-state index in [1.54, 1.807) is 24.3 Å². The van der Waals surface area contributed by atoms with Crippen LogP contribution in [-0.2, 0) is 27.1 Å². The molecule has 2 aromatic rings. The first-order chi connectivity index (χ1) is 12.9. The molecule has 0 aliphatic carbocycles. The van der Waals surface area contributed by atoms with Crippen LogP contribution in [0.25, 0.3) is 0 Å². The fraction of sp³-hybridized carbons (Fsp3) is 0.350. The highest BCUT2D eigenvalue weighted by Crippen LogP contribution is 2.14. The maximum Gasteiger partial charge on any atom is 0.251 e. The molecule has 1 saturated heterocycles. The molecular formula is C20H24N2O4S. The van der Waals surface area contributed by atoms with Crippen molar-refractivity contribution in [1.82, 2.24) is 9.62 Å². The molecule has 3 rings (SSSR count). The summed E-state index contributed by atoms with van der Waals surface area (Å²) in [5.41, 5.74) is 3.36. The first kappa shape index (κ1) is 19.5. The quantitative estimate of drug-likeness (QED) is 0.822. The summed E-state index contributed by atoms with van der Waals surface area (Å²) in [7, 11) is -3.37. The molecule has 1 heterocycles. The van der Waals surface area contributed by atoms with Gasteiger partial charge in [0.15, 0.2) is 0 Å². The van der Waals surface area contributed by atoms with Gasteiger partial charge in [0, 0.05) is 25.2 Å². The molecule has 0 atom stereocenters. The number of aryl methyl sites for hydroxylation is 1. The van der Waals surface area contributed by atoms with Crippen molar-refractivity contribution in [3.63, 3.8) is 0 Å². The van der Waals surface area contributed by atoms with Crippen molar-refractivity contribution >= 4 is 15.9 Å². The molecule has 0 saturated carbocycles. The highest BCUT2D eigenvalue weighted by molar-refractivity contribution is 7.88. The third-order valence-electron chi connectivity index (χ3n) is 4.46. The van der Waals surface area contributed by atoms with Crippen LogP contribution in [0.15, 0.2) is 48.5 Å². The number of rotatable bonds is 6. The van der Waals surface area contributed by atoms with Crippen molar-refractivity contribution in [1.29, 1.82) is 0 Å². The fourth-order valence-electron chi connectivity index (χ4n) is 2.99. The lowest BCUT2D eigenvalue weighted by Gasteiger charge is -2.26. The molecule has 2 aromatic carbocycles. The first-order valence-corrected chi connectivity index (χ1v) is 10.5. The van der Waals surface area contributed by atoms with Crippen LogP contribution in [0.3, 0.4) is 0 Å². The molecule has 0 radical (unpaired) electrons. The third-order valence-corrected chi connectivity index (χ3v) is 6.31. The second-order valence-corrected chi connectivity index (χ2v) is 8.61. The molecule has 144 valence electrons. The Hall–Kier alpha value is -2.22. The molecule has 1 N–H and O–H groups in total. The van der Waals surface area contributed by atoms with Crippen LogP contribution < -0.4 is 5.32 Å². The van der Waals surface area contributed by atoms with Gasteiger partial charge >= 0.3 is 0 Å². The number of ether oxygens (including phenoxy) is 1. The number of nitrogens with one attached hydrogen (secondary N) is 1. The van der Waals surface area contributed by atoms with Crippen molar-refractivity contribution in [2.45, 2.75) is 19.2 Å². The van der Waals surface area contributed by atoms with Crippen LogP contribution >= 0.6 is 0 Å². The van der Waals surface area contributed by atoms with E-state index in [1.165, 1.54) is 4.31 Å². The van der Waals surface area contributed by atoms with Gasteiger partial charge in [-0.3, -0.25) is 4.79 Å². The monoisotopic (exact) mass is 388 g/mol. The van der Waals surface area contributed by atoms with E-state index in [0.717, 1.165) is 11.1 Å². The zero-order valence-corrected chi connectivity index (χ0v) is 16.2. The second kappa shape index (κ2) is 8.65. The molecule has 0 unspecified atom stereocenters. The van der Waals surface area contributed by atoms with E-state index in [4.69, 9.17) is 4.74 Å². The molecule has 1 aliphatic rings. The van der Waals surface area contributed by atoms with Crippen LogP contribution in [0, 0.1) is 6.92 Å². The maximum atomic E-state index is 12.5. The molecule has 6 nitrogen and oxygen atoms in total. The van der Waals surface area contributed by atoms with Crippen molar-refractivity contribution in [3.05, 3.63) is 70.8 Å². The summed E-state index contributed by atoms with van der Waals surface area (Å²) in [6.45, 7) is 4.10. The minimum absolute atomic E-state index is 0.0712. The molecule has 0 aromatic heterocycles. The van der Waals surface area contributed by atoms with E-state index in [0.29, 0.717) is 44.0 Å². The average molecular weight is 388 g/mol. The SMILES string of the molecule is Cc1cccc(CNC(=O)c2ccc(CS(=O)(=O)N3CCOCC3)cc2)c1. The molecule has 27 heavy (non-hydrogen) atoms. The predicted molar refractivity (Wildman–Crippen MR) is 104 cm³/mol. The summed E-state index contributed by atoms with van der Waals surface area (Å²) in [5.74, 6) is -0.253. The zero-order valence-electron chi connectivity index (χ0n) is 15.3. The van der Waals surface area contributed by atoms with Gasteiger partial charge in [-0.1, -0.05) is 42.0 Å². The zero-order chi connectivity index (χ0) is 19.3. The number of morpholine rings is 1. The number of nitrogens with zero attached hydrogens (tertiary/aromatic N) is 1. The molecule has 7 heteroatoms. The Kier molecular flexibility index (Phi) is 6.26. The molecule has 1 aliphatic heterocycles. The standard InChI is InChI=1S/C20H24N2O4S/c1-16-3-2-4-18(13-16)14-21-20(23)19-7-5-17(6-8-19)15-27(24,25)22-9-11-26-12-10-22/h2-8,13H,9-12,14-15H2,1H3,(H,21,23). The van der Waals surface area contributed by atoms with Crippen LogP contribution in [0.4, 0.5) is 0 Å². The third kappa shape index (κ3) is 5.38. The minimum atomic E-state index is -3.37. The van der Waals surface area contributed by atoms with Gasteiger partial charge in [0.05, 0.1) is 19.0 Å². The van der Waals surface area contributed by atoms with E-state index in [1.807, 2.05) is 31.2 Å². The average Bonchev–Trinajstić information content (AvgIpc) is 2.67. The molecule has 0 bridgehead atoms. The van der Waals surface area contributed by atoms with Gasteiger partial charge in [0.1, 0.15) is 0 Å². The van der Waals surface area contributed by atoms with E-state index >= 15 is 0 Å². The number of carbonyl (C=O) groups excluding carboxylic acids is 1. The topological polar surface area (TPSA) is 75.7 Å². The summed E-state index contributed by atoms with van der Waals surface area (Å²) in [4.78, 5) is 12.3. The Balaban J connectivity index is 1.58. The highest BCUT2D eigenvalue weighted by Gasteiger charge is 2.24. The van der Waals surface area contributed by atoms with E-state index in [2.05, 4.69) is 5.32 Å². The number of sulfonamides is 1. The first-order valence-electron chi connectivity index (χ1n) is 8.92. The normalized spacial score (nSPS) is 15.4. The van der Waals surface area contributed by atoms with Gasteiger partial charge in [0.2, 0.25) is 10.0 Å². The number of carbonyl (C=O) groups is 1. The van der Waals surface area contributed by atoms with Crippen molar-refractivity contribution in [2.75, 3.05) is 26.3 Å². The van der Waals surface area contributed by atoms with Crippen molar-refractivity contribution < 1.29 is 17.9 Å². The van der Waals surface area contributed by atoms with Crippen LogP contribution in [0.5, 0.6) is 0 Å². The Morgan fingerprint density at radius 3 is 2.44 bits per heavy atom. The number of hydrogen-bond acceptors (Lipinski definition) is 4. The maximum absolute atomic E-state index is 12.5. The molecule has 0 spiro atoms. The van der Waals surface area contributed by atoms with Gasteiger partial charge in [-0.05, 0) is 30.2 Å². The van der Waals surface area contributed by atoms with Crippen molar-refractivity contribution in [2.24, 2.45) is 0 Å². The van der Waals surface area contributed by atoms with Crippen molar-refractivity contribution in [3.8, 4) is 0 Å². The van der Waals surface area contributed by atoms with Gasteiger partial charge in [-0.15, -0.1) is 0 Å². The molecular weight excluding hydrogens is 364 g/mol. The smallest absolute Gasteiger partial charge is 0.251 e. The summed E-state index contributed by atoms with van der Waals surface area (Å²) in [6, 6.07) is 14.7. The second-order valence-electron chi connectivity index (χ2n) is 6.64. The molecule has 1 fully saturated rings. The lowest BCUT2D eigenvalue weighted by Crippen LogP contribution is -2.41. The Morgan fingerprint density at radius 2 is 1.78 bits per heavy atom. The van der Waals surface area contributed by atoms with Crippen LogP contribution in [-0.4, -0.2) is 44.9 Å². The van der Waals surface area contributed by atoms with E-state index in [-0.39, 0.29) is 11.7 Å². The Morgan fingerprint density at radius 1 is 1.07 bits per heavy atom. The van der Waals surface area contributed by atoms with Gasteiger partial charge in [-0.25, -0.2) is 8.42 Å². The number of amides is 1. The summed E-state index contributed by atoms with van der Waals surface area (Å²) in [5, 5.41) is 2.88. The molecule has 1 amide bonds. The van der Waals surface area contributed by atoms with Gasteiger partial charge in [-0.2, -0.15) is 4.31 Å². The van der Waals surface area contributed by atoms with Crippen LogP contribution in [0.1, 0.15) is 27.0 Å². The lowest BCUT2D eigenvalue weighted by molar-refractivity contribution is 0.0729. The van der Waals surface area contributed by atoms with Gasteiger partial charge < -0.3 is 10.1 Å². The fourth-order valence-corrected chi connectivity index (χ4v) is 4.49. The van der Waals surface area contributed by atoms with Crippen LogP contribution in [0.2, 0.25) is 0 Å². The largest absolute Gasteiger partial charge is 0.379 e. The predicted octanol–water partition coefficient (Wildman–Crippen LogP) is 2.09. The van der Waals surface area contributed by atoms with E-state index in [9.17, 15) is 13.2 Å². The van der Waals surface area contributed by atoms with E-state index < -0.39 is 10.0 Å². The lowest BCUT2D eigenvalue weighted by atomic mass is 10.1. The Bertz CT molecular complexity index is 888. The minimum Gasteiger partial charge on any atom is -0.379 e. The summed E-state index contributed by atoms with van der Waals surface area (Å²) in [6.07, 6.45) is 0. The number of hydrogen-bond donors (Lipinski definition) is 1. The summed E-state index contributed by atoms with van der Waals surface area (Å²) < 4.78 is 31.6. The summed E-state index contributed by atoms with van der Waals surface area (Å²) >= 11 is 0.